The molecule has 0 radical (unpaired) electrons. The van der Waals surface area contributed by atoms with Crippen LogP contribution in [0.5, 0.6) is 0 Å². The molecule has 1 fully saturated rings. The van der Waals surface area contributed by atoms with Crippen LogP contribution in [0.3, 0.4) is 0 Å². The number of nitrogens with zero attached hydrogens (tertiary/aromatic N) is 2. The molecule has 3 nitrogen and oxygen atoms in total. The highest BCUT2D eigenvalue weighted by Crippen LogP contribution is 2.41. The normalized spacial score (nSPS) is 26.4. The third kappa shape index (κ3) is 3.07. The fourth-order valence-electron chi connectivity index (χ4n) is 3.47. The number of aliphatic hydroxyl groups excluding tert-OH is 1. The van der Waals surface area contributed by atoms with Gasteiger partial charge < -0.3 is 9.67 Å². The third-order valence-corrected chi connectivity index (χ3v) is 5.57. The monoisotopic (exact) mass is 294 g/mol. The molecule has 1 N–H and O–H groups in total. The van der Waals surface area contributed by atoms with E-state index in [4.69, 9.17) is 0 Å². The van der Waals surface area contributed by atoms with Crippen molar-refractivity contribution in [2.45, 2.75) is 39.3 Å². The highest BCUT2D eigenvalue weighted by Gasteiger charge is 2.33. The Morgan fingerprint density at radius 2 is 2.05 bits per heavy atom. The van der Waals surface area contributed by atoms with Crippen molar-refractivity contribution in [3.05, 3.63) is 23.5 Å². The predicted molar refractivity (Wildman–Crippen MR) is 85.3 cm³/mol. The van der Waals surface area contributed by atoms with Gasteiger partial charge in [0, 0.05) is 55.1 Å². The fraction of sp³-hybridized carbons (Fsp3) is 0.750. The van der Waals surface area contributed by atoms with Crippen LogP contribution in [0.1, 0.15) is 37.6 Å². The van der Waals surface area contributed by atoms with E-state index < -0.39 is 0 Å². The summed E-state index contributed by atoms with van der Waals surface area (Å²) in [6.45, 7) is 9.17. The molecular weight excluding hydrogens is 268 g/mol. The lowest BCUT2D eigenvalue weighted by molar-refractivity contribution is 0.0977. The second-order valence-corrected chi connectivity index (χ2v) is 8.15. The Hall–Kier alpha value is -0.450. The van der Waals surface area contributed by atoms with Crippen LogP contribution >= 0.6 is 11.8 Å². The van der Waals surface area contributed by atoms with Gasteiger partial charge >= 0.3 is 0 Å². The summed E-state index contributed by atoms with van der Waals surface area (Å²) in [6, 6.07) is 2.13. The van der Waals surface area contributed by atoms with Gasteiger partial charge in [-0.2, -0.15) is 11.8 Å². The molecule has 0 saturated carbocycles. The molecule has 1 atom stereocenters. The Labute approximate surface area is 126 Å². The first-order chi connectivity index (χ1) is 9.55. The number of hydrogen-bond donors (Lipinski definition) is 1. The van der Waals surface area contributed by atoms with E-state index >= 15 is 0 Å². The van der Waals surface area contributed by atoms with E-state index in [1.165, 1.54) is 35.9 Å². The van der Waals surface area contributed by atoms with Gasteiger partial charge in [0.2, 0.25) is 0 Å². The topological polar surface area (TPSA) is 28.4 Å². The van der Waals surface area contributed by atoms with Gasteiger partial charge in [-0.3, -0.25) is 4.90 Å². The van der Waals surface area contributed by atoms with Crippen molar-refractivity contribution in [2.24, 2.45) is 5.41 Å². The summed E-state index contributed by atoms with van der Waals surface area (Å²) >= 11 is 2.06. The Bertz CT molecular complexity index is 463. The summed E-state index contributed by atoms with van der Waals surface area (Å²) in [5, 5.41) is 10.3. The minimum atomic E-state index is -0.276. The average molecular weight is 294 g/mol. The van der Waals surface area contributed by atoms with Crippen molar-refractivity contribution in [3.8, 4) is 0 Å². The van der Waals surface area contributed by atoms with Crippen molar-refractivity contribution in [1.82, 2.24) is 9.47 Å². The molecule has 0 spiro atoms. The molecule has 1 aromatic heterocycles. The molecule has 3 rings (SSSR count). The van der Waals surface area contributed by atoms with E-state index in [2.05, 4.69) is 47.3 Å². The highest BCUT2D eigenvalue weighted by atomic mass is 32.2. The minimum absolute atomic E-state index is 0.213. The summed E-state index contributed by atoms with van der Waals surface area (Å²) in [7, 11) is 0. The van der Waals surface area contributed by atoms with Crippen LogP contribution in [0, 0.1) is 5.41 Å². The van der Waals surface area contributed by atoms with Crippen LogP contribution in [0.25, 0.3) is 0 Å². The number of rotatable bonds is 3. The van der Waals surface area contributed by atoms with Crippen LogP contribution < -0.4 is 0 Å². The maximum atomic E-state index is 10.3. The number of fused-ring (bicyclic) bond motifs is 1. The second kappa shape index (κ2) is 5.74. The molecule has 1 aliphatic carbocycles. The van der Waals surface area contributed by atoms with Crippen molar-refractivity contribution in [1.29, 1.82) is 0 Å². The maximum Gasteiger partial charge on any atom is 0.0812 e. The van der Waals surface area contributed by atoms with E-state index in [0.717, 1.165) is 25.9 Å². The predicted octanol–water partition coefficient (Wildman–Crippen LogP) is 2.54. The average Bonchev–Trinajstić information content (AvgIpc) is 2.79. The molecule has 1 aromatic rings. The van der Waals surface area contributed by atoms with Gasteiger partial charge in [-0.1, -0.05) is 13.8 Å². The molecule has 20 heavy (non-hydrogen) atoms. The first kappa shape index (κ1) is 14.5. The van der Waals surface area contributed by atoms with E-state index in [1.807, 2.05) is 0 Å². The largest absolute Gasteiger partial charge is 0.388 e. The first-order valence-electron chi connectivity index (χ1n) is 7.71. The van der Waals surface area contributed by atoms with Gasteiger partial charge in [-0.05, 0) is 24.3 Å². The highest BCUT2D eigenvalue weighted by molar-refractivity contribution is 7.99. The summed E-state index contributed by atoms with van der Waals surface area (Å²) in [4.78, 5) is 2.56. The zero-order valence-corrected chi connectivity index (χ0v) is 13.5. The molecule has 1 unspecified atom stereocenters. The molecule has 0 bridgehead atoms. The van der Waals surface area contributed by atoms with Crippen LogP contribution in [-0.2, 0) is 13.0 Å². The Morgan fingerprint density at radius 3 is 2.80 bits per heavy atom. The van der Waals surface area contributed by atoms with Crippen molar-refractivity contribution < 1.29 is 5.11 Å². The summed E-state index contributed by atoms with van der Waals surface area (Å²) in [6.07, 6.45) is 3.87. The number of thioether (sulfide) groups is 1. The van der Waals surface area contributed by atoms with Gasteiger partial charge in [-0.25, -0.2) is 0 Å². The third-order valence-electron chi connectivity index (χ3n) is 4.63. The van der Waals surface area contributed by atoms with Gasteiger partial charge in [0.25, 0.3) is 0 Å². The lowest BCUT2D eigenvalue weighted by Crippen LogP contribution is -2.35. The van der Waals surface area contributed by atoms with E-state index in [0.29, 0.717) is 0 Å². The minimum Gasteiger partial charge on any atom is -0.388 e. The van der Waals surface area contributed by atoms with Crippen molar-refractivity contribution in [3.63, 3.8) is 0 Å². The SMILES string of the molecule is CC1(C)Cc2c(ccn2CCN2CCSCC2)C(O)C1. The number of aliphatic hydroxyl groups is 1. The lowest BCUT2D eigenvalue weighted by Gasteiger charge is -2.34. The standard InChI is InChI=1S/C16H26N2OS/c1-16(2)11-14-13(15(19)12-16)3-4-18(14)6-5-17-7-9-20-10-8-17/h3-4,15,19H,5-12H2,1-2H3. The number of hydrogen-bond acceptors (Lipinski definition) is 3. The zero-order valence-electron chi connectivity index (χ0n) is 12.6. The number of aromatic nitrogens is 1. The van der Waals surface area contributed by atoms with Gasteiger partial charge in [0.05, 0.1) is 6.10 Å². The molecule has 2 heterocycles. The molecule has 0 amide bonds. The smallest absolute Gasteiger partial charge is 0.0812 e. The van der Waals surface area contributed by atoms with Crippen LogP contribution in [0.4, 0.5) is 0 Å². The fourth-order valence-corrected chi connectivity index (χ4v) is 4.45. The Morgan fingerprint density at radius 1 is 1.30 bits per heavy atom. The molecule has 0 aromatic carbocycles. The van der Waals surface area contributed by atoms with Crippen LogP contribution in [0.15, 0.2) is 12.3 Å². The Balaban J connectivity index is 1.69. The van der Waals surface area contributed by atoms with Gasteiger partial charge in [0.1, 0.15) is 0 Å². The molecule has 4 heteroatoms. The van der Waals surface area contributed by atoms with Crippen LogP contribution in [0.2, 0.25) is 0 Å². The summed E-state index contributed by atoms with van der Waals surface area (Å²) < 4.78 is 2.38. The lowest BCUT2D eigenvalue weighted by atomic mass is 9.75. The Kier molecular flexibility index (Phi) is 4.16. The van der Waals surface area contributed by atoms with Gasteiger partial charge in [-0.15, -0.1) is 0 Å². The maximum absolute atomic E-state index is 10.3. The van der Waals surface area contributed by atoms with E-state index in [1.54, 1.807) is 0 Å². The molecule has 2 aliphatic rings. The van der Waals surface area contributed by atoms with Crippen molar-refractivity contribution >= 4 is 11.8 Å². The van der Waals surface area contributed by atoms with E-state index in [9.17, 15) is 5.11 Å². The van der Waals surface area contributed by atoms with Crippen LogP contribution in [-0.4, -0.2) is 45.7 Å². The summed E-state index contributed by atoms with van der Waals surface area (Å²) in [5.74, 6) is 2.55. The molecule has 112 valence electrons. The first-order valence-corrected chi connectivity index (χ1v) is 8.87. The zero-order chi connectivity index (χ0) is 14.2. The summed E-state index contributed by atoms with van der Waals surface area (Å²) in [5.41, 5.74) is 2.74. The van der Waals surface area contributed by atoms with Crippen molar-refractivity contribution in [2.75, 3.05) is 31.1 Å². The van der Waals surface area contributed by atoms with E-state index in [-0.39, 0.29) is 11.5 Å². The van der Waals surface area contributed by atoms with Gasteiger partial charge in [0.15, 0.2) is 0 Å². The quantitative estimate of drug-likeness (QED) is 0.928. The second-order valence-electron chi connectivity index (χ2n) is 6.93. The molecule has 1 saturated heterocycles. The molecular formula is C16H26N2OS. The molecule has 1 aliphatic heterocycles.